The van der Waals surface area contributed by atoms with Gasteiger partial charge in [-0.1, -0.05) is 26.0 Å². The van der Waals surface area contributed by atoms with E-state index in [-0.39, 0.29) is 30.9 Å². The van der Waals surface area contributed by atoms with E-state index in [0.29, 0.717) is 18.0 Å². The number of benzene rings is 1. The van der Waals surface area contributed by atoms with Gasteiger partial charge in [-0.2, -0.15) is 0 Å². The summed E-state index contributed by atoms with van der Waals surface area (Å²) in [6.07, 6.45) is 0.881. The topological polar surface area (TPSA) is 70.7 Å². The van der Waals surface area contributed by atoms with E-state index >= 15 is 0 Å². The van der Waals surface area contributed by atoms with Gasteiger partial charge in [0.2, 0.25) is 11.8 Å². The van der Waals surface area contributed by atoms with E-state index in [1.807, 2.05) is 32.9 Å². The Morgan fingerprint density at radius 2 is 1.83 bits per heavy atom. The van der Waals surface area contributed by atoms with Crippen molar-refractivity contribution in [1.29, 1.82) is 0 Å². The molecule has 1 rings (SSSR count). The predicted molar refractivity (Wildman–Crippen MR) is 91.6 cm³/mol. The number of likely N-dealkylation sites (N-methyl/N-ethyl adjacent to an activating group) is 1. The van der Waals surface area contributed by atoms with Gasteiger partial charge < -0.3 is 15.4 Å². The van der Waals surface area contributed by atoms with E-state index in [2.05, 4.69) is 10.6 Å². The molecule has 0 saturated heterocycles. The largest absolute Gasteiger partial charge is 0.495 e. The highest BCUT2D eigenvalue weighted by atomic mass is 16.5. The third kappa shape index (κ3) is 6.69. The van der Waals surface area contributed by atoms with Gasteiger partial charge in [-0.25, -0.2) is 0 Å². The standard InChI is InChI=1S/C17H27N3O3/c1-5-13(3)18-16(21)11-20(6-2)12-17(22)19-14-9-7-8-10-15(14)23-4/h7-10,13H,5-6,11-12H2,1-4H3,(H,18,21)(H,19,22)/t13-/m1/s1. The van der Waals surface area contributed by atoms with E-state index in [4.69, 9.17) is 4.74 Å². The normalized spacial score (nSPS) is 11.9. The van der Waals surface area contributed by atoms with Crippen LogP contribution in [0.1, 0.15) is 27.2 Å². The van der Waals surface area contributed by atoms with Crippen molar-refractivity contribution >= 4 is 17.5 Å². The van der Waals surface area contributed by atoms with Crippen molar-refractivity contribution in [3.8, 4) is 5.75 Å². The highest BCUT2D eigenvalue weighted by molar-refractivity contribution is 5.94. The number of para-hydroxylation sites is 2. The fraction of sp³-hybridized carbons (Fsp3) is 0.529. The van der Waals surface area contributed by atoms with Crippen LogP contribution in [0.2, 0.25) is 0 Å². The van der Waals surface area contributed by atoms with Gasteiger partial charge in [0, 0.05) is 6.04 Å². The van der Waals surface area contributed by atoms with Gasteiger partial charge in [-0.3, -0.25) is 14.5 Å². The summed E-state index contributed by atoms with van der Waals surface area (Å²) in [5, 5.41) is 5.72. The highest BCUT2D eigenvalue weighted by Gasteiger charge is 2.15. The number of nitrogens with one attached hydrogen (secondary N) is 2. The maximum atomic E-state index is 12.2. The van der Waals surface area contributed by atoms with Gasteiger partial charge in [0.05, 0.1) is 25.9 Å². The van der Waals surface area contributed by atoms with Gasteiger partial charge in [0.15, 0.2) is 0 Å². The Morgan fingerprint density at radius 1 is 1.17 bits per heavy atom. The van der Waals surface area contributed by atoms with Gasteiger partial charge in [-0.05, 0) is 32.0 Å². The van der Waals surface area contributed by atoms with Gasteiger partial charge >= 0.3 is 0 Å². The number of carbonyl (C=O) groups is 2. The maximum absolute atomic E-state index is 12.2. The molecular formula is C17H27N3O3. The van der Waals surface area contributed by atoms with Crippen LogP contribution < -0.4 is 15.4 Å². The molecule has 0 aliphatic carbocycles. The number of hydrogen-bond acceptors (Lipinski definition) is 4. The lowest BCUT2D eigenvalue weighted by molar-refractivity contribution is -0.123. The van der Waals surface area contributed by atoms with Crippen molar-refractivity contribution in [2.24, 2.45) is 0 Å². The van der Waals surface area contributed by atoms with Crippen molar-refractivity contribution in [3.63, 3.8) is 0 Å². The summed E-state index contributed by atoms with van der Waals surface area (Å²) in [7, 11) is 1.56. The molecule has 6 heteroatoms. The molecule has 0 aromatic heterocycles. The molecule has 2 amide bonds. The molecule has 0 bridgehead atoms. The Bertz CT molecular complexity index is 520. The predicted octanol–water partition coefficient (Wildman–Crippen LogP) is 1.87. The number of hydrogen-bond donors (Lipinski definition) is 2. The smallest absolute Gasteiger partial charge is 0.238 e. The minimum Gasteiger partial charge on any atom is -0.495 e. The zero-order valence-corrected chi connectivity index (χ0v) is 14.4. The molecule has 0 aliphatic heterocycles. The third-order valence-electron chi connectivity index (χ3n) is 3.58. The molecule has 128 valence electrons. The summed E-state index contributed by atoms with van der Waals surface area (Å²) in [6.45, 7) is 6.88. The van der Waals surface area contributed by atoms with Crippen molar-refractivity contribution < 1.29 is 14.3 Å². The van der Waals surface area contributed by atoms with Crippen LogP contribution in [0.25, 0.3) is 0 Å². The second kappa shape index (κ2) is 9.84. The fourth-order valence-corrected chi connectivity index (χ4v) is 2.05. The molecule has 1 atom stereocenters. The first-order valence-corrected chi connectivity index (χ1v) is 7.94. The van der Waals surface area contributed by atoms with Crippen LogP contribution in [0.5, 0.6) is 5.75 Å². The summed E-state index contributed by atoms with van der Waals surface area (Å²) >= 11 is 0. The first-order chi connectivity index (χ1) is 11.0. The van der Waals surface area contributed by atoms with Gasteiger partial charge in [0.1, 0.15) is 5.75 Å². The van der Waals surface area contributed by atoms with Crippen LogP contribution in [0.15, 0.2) is 24.3 Å². The molecule has 23 heavy (non-hydrogen) atoms. The number of ether oxygens (including phenoxy) is 1. The summed E-state index contributed by atoms with van der Waals surface area (Å²) < 4.78 is 5.21. The lowest BCUT2D eigenvalue weighted by atomic mass is 10.2. The first kappa shape index (κ1) is 19.0. The lowest BCUT2D eigenvalue weighted by Gasteiger charge is -2.21. The quantitative estimate of drug-likeness (QED) is 0.728. The number of anilines is 1. The van der Waals surface area contributed by atoms with E-state index in [1.54, 1.807) is 24.1 Å². The number of amides is 2. The lowest BCUT2D eigenvalue weighted by Crippen LogP contribution is -2.43. The molecular weight excluding hydrogens is 294 g/mol. The Labute approximate surface area is 138 Å². The van der Waals surface area contributed by atoms with Gasteiger partial charge in [-0.15, -0.1) is 0 Å². The fourth-order valence-electron chi connectivity index (χ4n) is 2.05. The summed E-state index contributed by atoms with van der Waals surface area (Å²) in [5.41, 5.74) is 0.625. The molecule has 1 aromatic rings. The Balaban J connectivity index is 2.54. The second-order valence-electron chi connectivity index (χ2n) is 5.43. The number of nitrogens with zero attached hydrogens (tertiary/aromatic N) is 1. The molecule has 6 nitrogen and oxygen atoms in total. The zero-order valence-electron chi connectivity index (χ0n) is 14.4. The van der Waals surface area contributed by atoms with Gasteiger partial charge in [0.25, 0.3) is 0 Å². The van der Waals surface area contributed by atoms with Crippen molar-refractivity contribution in [2.75, 3.05) is 32.1 Å². The Kier molecular flexibility index (Phi) is 8.11. The third-order valence-corrected chi connectivity index (χ3v) is 3.58. The van der Waals surface area contributed by atoms with E-state index in [0.717, 1.165) is 6.42 Å². The van der Waals surface area contributed by atoms with Crippen LogP contribution in [-0.2, 0) is 9.59 Å². The first-order valence-electron chi connectivity index (χ1n) is 7.94. The average molecular weight is 321 g/mol. The molecule has 2 N–H and O–H groups in total. The minimum atomic E-state index is -0.173. The van der Waals surface area contributed by atoms with Crippen molar-refractivity contribution in [2.45, 2.75) is 33.2 Å². The number of carbonyl (C=O) groups excluding carboxylic acids is 2. The van der Waals surface area contributed by atoms with Crippen LogP contribution in [0, 0.1) is 0 Å². The SMILES string of the molecule is CC[C@@H](C)NC(=O)CN(CC)CC(=O)Nc1ccccc1OC. The molecule has 0 heterocycles. The van der Waals surface area contributed by atoms with Crippen LogP contribution in [0.3, 0.4) is 0 Å². The van der Waals surface area contributed by atoms with Crippen molar-refractivity contribution in [1.82, 2.24) is 10.2 Å². The summed E-state index contributed by atoms with van der Waals surface area (Å²) in [5.74, 6) is 0.373. The number of rotatable bonds is 9. The summed E-state index contributed by atoms with van der Waals surface area (Å²) in [4.78, 5) is 25.9. The molecule has 1 aromatic carbocycles. The molecule has 0 fully saturated rings. The molecule has 0 radical (unpaired) electrons. The molecule has 0 unspecified atom stereocenters. The van der Waals surface area contributed by atoms with Crippen LogP contribution >= 0.6 is 0 Å². The van der Waals surface area contributed by atoms with E-state index in [9.17, 15) is 9.59 Å². The van der Waals surface area contributed by atoms with E-state index in [1.165, 1.54) is 0 Å². The Hall–Kier alpha value is -2.08. The van der Waals surface area contributed by atoms with Crippen LogP contribution in [-0.4, -0.2) is 49.5 Å². The molecule has 0 spiro atoms. The Morgan fingerprint density at radius 3 is 2.43 bits per heavy atom. The maximum Gasteiger partial charge on any atom is 0.238 e. The van der Waals surface area contributed by atoms with Crippen molar-refractivity contribution in [3.05, 3.63) is 24.3 Å². The van der Waals surface area contributed by atoms with Crippen LogP contribution in [0.4, 0.5) is 5.69 Å². The second-order valence-corrected chi connectivity index (χ2v) is 5.43. The monoisotopic (exact) mass is 321 g/mol. The minimum absolute atomic E-state index is 0.0636. The molecule has 0 aliphatic rings. The summed E-state index contributed by atoms with van der Waals surface area (Å²) in [6, 6.07) is 7.38. The average Bonchev–Trinajstić information content (AvgIpc) is 2.54. The zero-order chi connectivity index (χ0) is 17.2. The highest BCUT2D eigenvalue weighted by Crippen LogP contribution is 2.22. The van der Waals surface area contributed by atoms with E-state index < -0.39 is 0 Å². The number of methoxy groups -OCH3 is 1. The molecule has 0 saturated carbocycles.